The lowest BCUT2D eigenvalue weighted by atomic mass is 9.65. The van der Waals surface area contributed by atoms with Crippen molar-refractivity contribution in [2.24, 2.45) is 11.7 Å². The van der Waals surface area contributed by atoms with Gasteiger partial charge in [0.25, 0.3) is 0 Å². The zero-order valence-corrected chi connectivity index (χ0v) is 24.7. The number of phenolic OH excluding ortho intramolecular Hbond substituents is 1. The number of morpholine rings is 1. The third-order valence-corrected chi connectivity index (χ3v) is 9.29. The van der Waals surface area contributed by atoms with E-state index in [-0.39, 0.29) is 18.8 Å². The Labute approximate surface area is 265 Å². The van der Waals surface area contributed by atoms with Crippen molar-refractivity contribution >= 4 is 23.5 Å². The number of nitrogens with zero attached hydrogens (tertiary/aromatic N) is 1. The molecule has 3 aliphatic heterocycles. The van der Waals surface area contributed by atoms with Gasteiger partial charge in [0.2, 0.25) is 11.8 Å². The molecule has 2 saturated heterocycles. The zero-order chi connectivity index (χ0) is 32.0. The van der Waals surface area contributed by atoms with E-state index in [1.165, 1.54) is 12.1 Å². The van der Waals surface area contributed by atoms with E-state index in [1.54, 1.807) is 30.3 Å². The number of rotatable bonds is 5. The molecular formula is C37H31N3O6. The molecule has 0 unspecified atom stereocenters. The number of hydrogen-bond donors (Lipinski definition) is 4. The number of benzene rings is 4. The molecule has 3 heterocycles. The molecule has 230 valence electrons. The van der Waals surface area contributed by atoms with Crippen molar-refractivity contribution in [3.63, 3.8) is 0 Å². The maximum absolute atomic E-state index is 14.6. The molecule has 6 atom stereocenters. The fourth-order valence-electron chi connectivity index (χ4n) is 7.58. The van der Waals surface area contributed by atoms with Crippen LogP contribution < -0.4 is 11.1 Å². The van der Waals surface area contributed by atoms with Crippen LogP contribution in [0.2, 0.25) is 0 Å². The summed E-state index contributed by atoms with van der Waals surface area (Å²) >= 11 is 0. The van der Waals surface area contributed by atoms with Gasteiger partial charge in [0.15, 0.2) is 0 Å². The van der Waals surface area contributed by atoms with Gasteiger partial charge in [0, 0.05) is 17.7 Å². The van der Waals surface area contributed by atoms with Crippen LogP contribution in [-0.2, 0) is 24.5 Å². The summed E-state index contributed by atoms with van der Waals surface area (Å²) in [6.45, 7) is -0.100. The minimum atomic E-state index is -1.67. The first-order valence-corrected chi connectivity index (χ1v) is 15.1. The molecule has 2 fully saturated rings. The highest BCUT2D eigenvalue weighted by Gasteiger charge is 2.73. The Morgan fingerprint density at radius 3 is 2.22 bits per heavy atom. The predicted octanol–water partition coefficient (Wildman–Crippen LogP) is 3.88. The second-order valence-corrected chi connectivity index (χ2v) is 11.7. The number of carbonyl (C=O) groups excluding carboxylic acids is 3. The number of fused-ring (bicyclic) bond motifs is 3. The number of primary amides is 1. The Kier molecular flexibility index (Phi) is 7.32. The fourth-order valence-corrected chi connectivity index (χ4v) is 7.58. The Morgan fingerprint density at radius 1 is 0.891 bits per heavy atom. The van der Waals surface area contributed by atoms with Crippen molar-refractivity contribution in [2.45, 2.75) is 36.1 Å². The molecule has 2 amide bonds. The van der Waals surface area contributed by atoms with E-state index in [9.17, 15) is 24.6 Å². The average molecular weight is 614 g/mol. The van der Waals surface area contributed by atoms with Crippen LogP contribution in [0.4, 0.5) is 5.69 Å². The molecular weight excluding hydrogens is 582 g/mol. The number of aliphatic hydroxyl groups excluding tert-OH is 1. The maximum Gasteiger partial charge on any atom is 0.324 e. The van der Waals surface area contributed by atoms with E-state index in [4.69, 9.17) is 10.5 Å². The van der Waals surface area contributed by atoms with Crippen LogP contribution >= 0.6 is 0 Å². The molecule has 46 heavy (non-hydrogen) atoms. The molecule has 3 aliphatic rings. The monoisotopic (exact) mass is 613 g/mol. The van der Waals surface area contributed by atoms with Crippen LogP contribution in [0.5, 0.6) is 5.75 Å². The van der Waals surface area contributed by atoms with Crippen LogP contribution in [0.25, 0.3) is 0 Å². The first kappa shape index (κ1) is 29.3. The van der Waals surface area contributed by atoms with Gasteiger partial charge in [-0.25, -0.2) is 0 Å². The summed E-state index contributed by atoms with van der Waals surface area (Å²) in [7, 11) is 0. The summed E-state index contributed by atoms with van der Waals surface area (Å²) in [5.74, 6) is 2.68. The summed E-state index contributed by atoms with van der Waals surface area (Å²) in [6, 6.07) is 27.9. The molecule has 0 aliphatic carbocycles. The molecule has 0 radical (unpaired) electrons. The molecule has 7 rings (SSSR count). The largest absolute Gasteiger partial charge is 0.508 e. The smallest absolute Gasteiger partial charge is 0.324 e. The summed E-state index contributed by atoms with van der Waals surface area (Å²) < 4.78 is 6.25. The molecule has 0 bridgehead atoms. The molecule has 9 heteroatoms. The van der Waals surface area contributed by atoms with Crippen LogP contribution in [-0.4, -0.2) is 45.5 Å². The lowest BCUT2D eigenvalue weighted by Gasteiger charge is -2.46. The van der Waals surface area contributed by atoms with Gasteiger partial charge in [0.1, 0.15) is 23.3 Å². The molecule has 0 saturated carbocycles. The SMILES string of the molecule is NC(=O)[C@@H]1[C@H]2C(=O)O[C@H](c3ccccc3)[C@H](c3ccccc3)N2[C@H](c2ccc(O)cc2)[C@@]12C(=O)Nc1ccc(C#CCCO)cc12. The van der Waals surface area contributed by atoms with Gasteiger partial charge in [-0.05, 0) is 52.6 Å². The lowest BCUT2D eigenvalue weighted by Crippen LogP contribution is -2.53. The van der Waals surface area contributed by atoms with Crippen LogP contribution in [0.3, 0.4) is 0 Å². The van der Waals surface area contributed by atoms with E-state index in [2.05, 4.69) is 17.2 Å². The number of nitrogens with one attached hydrogen (secondary N) is 1. The number of cyclic esters (lactones) is 1. The highest BCUT2D eigenvalue weighted by Crippen LogP contribution is 2.64. The van der Waals surface area contributed by atoms with Crippen LogP contribution in [0.1, 0.15) is 52.4 Å². The topological polar surface area (TPSA) is 142 Å². The fraction of sp³-hybridized carbons (Fsp3) is 0.216. The third-order valence-electron chi connectivity index (χ3n) is 9.29. The minimum Gasteiger partial charge on any atom is -0.508 e. The Morgan fingerprint density at radius 2 is 1.57 bits per heavy atom. The first-order valence-electron chi connectivity index (χ1n) is 15.1. The normalized spacial score (nSPS) is 26.4. The number of ether oxygens (including phenoxy) is 1. The summed E-state index contributed by atoms with van der Waals surface area (Å²) in [5.41, 5.74) is 8.27. The van der Waals surface area contributed by atoms with E-state index >= 15 is 0 Å². The van der Waals surface area contributed by atoms with Gasteiger partial charge in [-0.1, -0.05) is 84.6 Å². The zero-order valence-electron chi connectivity index (χ0n) is 24.7. The van der Waals surface area contributed by atoms with E-state index in [1.807, 2.05) is 65.6 Å². The molecule has 5 N–H and O–H groups in total. The molecule has 9 nitrogen and oxygen atoms in total. The second-order valence-electron chi connectivity index (χ2n) is 11.7. The van der Waals surface area contributed by atoms with Gasteiger partial charge in [-0.2, -0.15) is 0 Å². The van der Waals surface area contributed by atoms with Gasteiger partial charge < -0.3 is 26.0 Å². The number of phenols is 1. The lowest BCUT2D eigenvalue weighted by molar-refractivity contribution is -0.178. The highest BCUT2D eigenvalue weighted by atomic mass is 16.6. The van der Waals surface area contributed by atoms with E-state index in [0.29, 0.717) is 22.4 Å². The van der Waals surface area contributed by atoms with Crippen molar-refractivity contribution in [3.8, 4) is 17.6 Å². The van der Waals surface area contributed by atoms with Gasteiger partial charge in [-0.3, -0.25) is 19.3 Å². The number of hydrogen-bond acceptors (Lipinski definition) is 7. The van der Waals surface area contributed by atoms with Crippen molar-refractivity contribution in [3.05, 3.63) is 131 Å². The Hall–Kier alpha value is -5.43. The van der Waals surface area contributed by atoms with Crippen molar-refractivity contribution in [1.29, 1.82) is 0 Å². The minimum absolute atomic E-state index is 0.0244. The van der Waals surface area contributed by atoms with Gasteiger partial charge >= 0.3 is 5.97 Å². The summed E-state index contributed by atoms with van der Waals surface area (Å²) in [6.07, 6.45) is -0.518. The van der Waals surface area contributed by atoms with Gasteiger partial charge in [-0.15, -0.1) is 0 Å². The van der Waals surface area contributed by atoms with Gasteiger partial charge in [0.05, 0.1) is 24.6 Å². The van der Waals surface area contributed by atoms with Crippen LogP contribution in [0, 0.1) is 17.8 Å². The number of nitrogens with two attached hydrogens (primary N) is 1. The highest BCUT2D eigenvalue weighted by molar-refractivity contribution is 6.12. The summed E-state index contributed by atoms with van der Waals surface area (Å²) in [5, 5.41) is 22.5. The Balaban J connectivity index is 1.54. The quantitative estimate of drug-likeness (QED) is 0.198. The molecule has 0 aromatic heterocycles. The first-order chi connectivity index (χ1) is 22.4. The second kappa shape index (κ2) is 11.5. The number of aromatic hydroxyl groups is 1. The molecule has 4 aromatic carbocycles. The number of carbonyl (C=O) groups is 3. The van der Waals surface area contributed by atoms with Crippen molar-refractivity contribution in [1.82, 2.24) is 4.90 Å². The van der Waals surface area contributed by atoms with Crippen molar-refractivity contribution in [2.75, 3.05) is 11.9 Å². The molecule has 4 aromatic rings. The average Bonchev–Trinajstić information content (AvgIpc) is 3.54. The van der Waals surface area contributed by atoms with Crippen molar-refractivity contribution < 1.29 is 29.3 Å². The van der Waals surface area contributed by atoms with E-state index < -0.39 is 53.3 Å². The summed E-state index contributed by atoms with van der Waals surface area (Å²) in [4.78, 5) is 44.6. The number of amides is 2. The number of esters is 1. The maximum atomic E-state index is 14.6. The molecule has 1 spiro atoms. The standard InChI is InChI=1S/C37H31N3O6/c38-34(43)29-31-35(44)46-32(24-12-5-2-6-13-24)30(23-10-3-1-4-11-23)40(31)33(25-15-17-26(42)18-16-25)37(29)27-21-22(9-7-8-20-41)14-19-28(27)39-36(37)45/h1-6,10-19,21,29-33,41-42H,8,20H2,(H2,38,43)(H,39,45)/t29-,30-,31-,32+,33+,37-/m0/s1. The predicted molar refractivity (Wildman–Crippen MR) is 169 cm³/mol. The number of anilines is 1. The van der Waals surface area contributed by atoms with Crippen LogP contribution in [0.15, 0.2) is 103 Å². The third kappa shape index (κ3) is 4.45. The Bertz CT molecular complexity index is 1890. The van der Waals surface area contributed by atoms with E-state index in [0.717, 1.165) is 11.1 Å². The number of aliphatic hydroxyl groups is 1.